The fraction of sp³-hybridized carbons (Fsp3) is 0.455. The Morgan fingerprint density at radius 3 is 2.44 bits per heavy atom. The van der Waals surface area contributed by atoms with Crippen molar-refractivity contribution in [3.8, 4) is 0 Å². The SMILES string of the molecule is C=C(/C=N\C(=C/C)OC(C)C)[C@H](c1ccc(Cl)cc1)[C@H](N)C(=O)Nc1cccc(F)c1CCC1CNC(CCC[SH](=O)=O)CN1. The number of ether oxygens (including phenoxy) is 1. The van der Waals surface area contributed by atoms with E-state index >= 15 is 4.39 Å². The number of allylic oxidation sites excluding steroid dienone is 1. The molecule has 2 aromatic carbocycles. The molecule has 4 atom stereocenters. The number of carbonyl (C=O) groups is 1. The van der Waals surface area contributed by atoms with Crippen LogP contribution in [0.2, 0.25) is 5.02 Å². The number of piperazine rings is 1. The van der Waals surface area contributed by atoms with Gasteiger partial charge >= 0.3 is 0 Å². The third-order valence-electron chi connectivity index (χ3n) is 7.57. The molecule has 1 fully saturated rings. The molecule has 2 unspecified atom stereocenters. The maximum atomic E-state index is 15.1. The molecule has 246 valence electrons. The summed E-state index contributed by atoms with van der Waals surface area (Å²) < 4.78 is 42.4. The molecule has 0 saturated carbocycles. The lowest BCUT2D eigenvalue weighted by molar-refractivity contribution is -0.117. The van der Waals surface area contributed by atoms with E-state index in [-0.39, 0.29) is 23.9 Å². The molecule has 1 amide bonds. The van der Waals surface area contributed by atoms with Crippen molar-refractivity contribution in [2.45, 2.75) is 76.6 Å². The van der Waals surface area contributed by atoms with Crippen LogP contribution in [0.5, 0.6) is 0 Å². The van der Waals surface area contributed by atoms with Gasteiger partial charge in [0.2, 0.25) is 11.8 Å². The number of hydrogen-bond donors (Lipinski definition) is 5. The van der Waals surface area contributed by atoms with Gasteiger partial charge < -0.3 is 26.4 Å². The van der Waals surface area contributed by atoms with Gasteiger partial charge in [-0.3, -0.25) is 4.79 Å². The smallest absolute Gasteiger partial charge is 0.242 e. The number of aliphatic imine (C=N–C) groups is 1. The van der Waals surface area contributed by atoms with Crippen LogP contribution in [0.25, 0.3) is 0 Å². The van der Waals surface area contributed by atoms with E-state index in [1.54, 1.807) is 48.7 Å². The van der Waals surface area contributed by atoms with Crippen molar-refractivity contribution in [3.63, 3.8) is 0 Å². The van der Waals surface area contributed by atoms with Gasteiger partial charge in [-0.15, -0.1) is 0 Å². The van der Waals surface area contributed by atoms with Crippen LogP contribution < -0.4 is 21.7 Å². The number of carbonyl (C=O) groups excluding carboxylic acids is 1. The predicted molar refractivity (Wildman–Crippen MR) is 181 cm³/mol. The van der Waals surface area contributed by atoms with E-state index < -0.39 is 34.4 Å². The monoisotopic (exact) mass is 661 g/mol. The molecule has 12 heteroatoms. The summed E-state index contributed by atoms with van der Waals surface area (Å²) in [5.74, 6) is -0.959. The lowest BCUT2D eigenvalue weighted by Gasteiger charge is -2.31. The molecular formula is C33H45ClFN5O4S. The Bertz CT molecular complexity index is 1410. The predicted octanol–water partition coefficient (Wildman–Crippen LogP) is 4.70. The Morgan fingerprint density at radius 1 is 1.18 bits per heavy atom. The zero-order chi connectivity index (χ0) is 32.9. The van der Waals surface area contributed by atoms with Crippen molar-refractivity contribution in [2.75, 3.05) is 24.2 Å². The number of benzene rings is 2. The number of thiol groups is 1. The van der Waals surface area contributed by atoms with E-state index in [2.05, 4.69) is 27.5 Å². The summed E-state index contributed by atoms with van der Waals surface area (Å²) in [4.78, 5) is 18.0. The molecule has 0 spiro atoms. The lowest BCUT2D eigenvalue weighted by atomic mass is 9.85. The van der Waals surface area contributed by atoms with Crippen molar-refractivity contribution in [3.05, 3.63) is 88.5 Å². The average molecular weight is 662 g/mol. The second-order valence-electron chi connectivity index (χ2n) is 11.4. The summed E-state index contributed by atoms with van der Waals surface area (Å²) >= 11 is 6.12. The van der Waals surface area contributed by atoms with Crippen LogP contribution in [0, 0.1) is 5.82 Å². The zero-order valence-corrected chi connectivity index (χ0v) is 27.8. The fourth-order valence-electron chi connectivity index (χ4n) is 5.22. The highest BCUT2D eigenvalue weighted by Crippen LogP contribution is 2.29. The Balaban J connectivity index is 1.71. The maximum absolute atomic E-state index is 15.1. The van der Waals surface area contributed by atoms with Crippen LogP contribution >= 0.6 is 11.6 Å². The van der Waals surface area contributed by atoms with Crippen molar-refractivity contribution in [2.24, 2.45) is 10.7 Å². The summed E-state index contributed by atoms with van der Waals surface area (Å²) in [6.07, 6.45) is 5.61. The van der Waals surface area contributed by atoms with Crippen molar-refractivity contribution in [1.82, 2.24) is 10.6 Å². The van der Waals surface area contributed by atoms with Gasteiger partial charge in [0.05, 0.1) is 12.1 Å². The minimum atomic E-state index is -2.36. The number of anilines is 1. The number of amides is 1. The number of nitrogens with two attached hydrogens (primary N) is 1. The number of nitrogens with zero attached hydrogens (tertiary/aromatic N) is 1. The molecule has 1 saturated heterocycles. The largest absolute Gasteiger partial charge is 0.475 e. The zero-order valence-electron chi connectivity index (χ0n) is 26.1. The van der Waals surface area contributed by atoms with Gasteiger partial charge in [-0.05, 0) is 87.9 Å². The van der Waals surface area contributed by atoms with E-state index in [1.807, 2.05) is 20.8 Å². The van der Waals surface area contributed by atoms with Crippen molar-refractivity contribution in [1.29, 1.82) is 0 Å². The lowest BCUT2D eigenvalue weighted by Crippen LogP contribution is -2.54. The van der Waals surface area contributed by atoms with Gasteiger partial charge in [0, 0.05) is 59.3 Å². The van der Waals surface area contributed by atoms with Crippen molar-refractivity contribution < 1.29 is 22.3 Å². The summed E-state index contributed by atoms with van der Waals surface area (Å²) in [7, 11) is -2.36. The number of hydrogen-bond acceptors (Lipinski definition) is 8. The molecule has 9 nitrogen and oxygen atoms in total. The van der Waals surface area contributed by atoms with Crippen LogP contribution in [0.4, 0.5) is 10.1 Å². The molecule has 0 aromatic heterocycles. The Kier molecular flexibility index (Phi) is 14.7. The van der Waals surface area contributed by atoms with Gasteiger partial charge in [0.15, 0.2) is 0 Å². The summed E-state index contributed by atoms with van der Waals surface area (Å²) in [5.41, 5.74) is 8.55. The van der Waals surface area contributed by atoms with Crippen LogP contribution in [0.1, 0.15) is 57.1 Å². The van der Waals surface area contributed by atoms with E-state index in [0.717, 1.165) is 12.0 Å². The molecule has 0 bridgehead atoms. The van der Waals surface area contributed by atoms with Gasteiger partial charge in [0.1, 0.15) is 16.5 Å². The standard InChI is InChI=1S/C33H45ClFN5O4S/c1-5-30(44-21(2)3)39-18-22(4)31(23-11-13-24(34)14-12-23)32(36)33(41)40-29-10-6-9-28(35)27(29)16-15-26-20-37-25(19-38-26)8-7-17-45(42)43/h5-6,9-14,18,21,25-26,31-32,37-38,45H,4,7-8,15-17,19-20,36H2,1-3H3,(H,40,41)/b30-5+,39-18-/t25?,26?,31-,32+/m1/s1. The molecule has 0 aliphatic carbocycles. The van der Waals surface area contributed by atoms with E-state index in [4.69, 9.17) is 22.1 Å². The Labute approximate surface area is 272 Å². The van der Waals surface area contributed by atoms with Gasteiger partial charge in [0.25, 0.3) is 0 Å². The van der Waals surface area contributed by atoms with E-state index in [0.29, 0.717) is 60.1 Å². The molecule has 5 N–H and O–H groups in total. The van der Waals surface area contributed by atoms with Crippen LogP contribution in [0.15, 0.2) is 71.6 Å². The quantitative estimate of drug-likeness (QED) is 0.100. The van der Waals surface area contributed by atoms with Gasteiger partial charge in [-0.2, -0.15) is 0 Å². The Morgan fingerprint density at radius 2 is 1.84 bits per heavy atom. The second kappa shape index (κ2) is 18.2. The van der Waals surface area contributed by atoms with Crippen LogP contribution in [-0.4, -0.2) is 63.6 Å². The first kappa shape index (κ1) is 36.4. The third-order valence-corrected chi connectivity index (χ3v) is 8.50. The topological polar surface area (TPSA) is 135 Å². The highest BCUT2D eigenvalue weighted by Gasteiger charge is 2.29. The molecule has 45 heavy (non-hydrogen) atoms. The van der Waals surface area contributed by atoms with Gasteiger partial charge in [-0.1, -0.05) is 36.4 Å². The minimum absolute atomic E-state index is 0.0704. The van der Waals surface area contributed by atoms with E-state index in [9.17, 15) is 13.2 Å². The summed E-state index contributed by atoms with van der Waals surface area (Å²) in [6, 6.07) is 10.8. The Hall–Kier alpha value is -3.09. The molecule has 0 radical (unpaired) electrons. The normalized spacial score (nSPS) is 18.7. The second-order valence-corrected chi connectivity index (χ2v) is 12.9. The maximum Gasteiger partial charge on any atom is 0.242 e. The minimum Gasteiger partial charge on any atom is -0.475 e. The summed E-state index contributed by atoms with van der Waals surface area (Å²) in [5, 5.41) is 10.3. The average Bonchev–Trinajstić information content (AvgIpc) is 3.00. The first-order chi connectivity index (χ1) is 21.5. The molecule has 1 heterocycles. The number of rotatable bonds is 16. The molecular weight excluding hydrogens is 617 g/mol. The summed E-state index contributed by atoms with van der Waals surface area (Å²) in [6.45, 7) is 11.2. The fourth-order valence-corrected chi connectivity index (χ4v) is 5.78. The molecule has 1 aliphatic heterocycles. The number of halogens is 2. The highest BCUT2D eigenvalue weighted by atomic mass is 35.5. The first-order valence-corrected chi connectivity index (χ1v) is 17.0. The molecule has 1 aliphatic rings. The number of nitrogens with one attached hydrogen (secondary N) is 3. The first-order valence-electron chi connectivity index (χ1n) is 15.2. The molecule has 2 aromatic rings. The van der Waals surface area contributed by atoms with Crippen LogP contribution in [-0.2, 0) is 26.7 Å². The van der Waals surface area contributed by atoms with Crippen LogP contribution in [0.3, 0.4) is 0 Å². The molecule has 3 rings (SSSR count). The van der Waals surface area contributed by atoms with E-state index in [1.165, 1.54) is 6.07 Å². The van der Waals surface area contributed by atoms with Crippen molar-refractivity contribution >= 4 is 40.1 Å². The van der Waals surface area contributed by atoms with Gasteiger partial charge in [-0.25, -0.2) is 17.8 Å². The third kappa shape index (κ3) is 11.7. The highest BCUT2D eigenvalue weighted by molar-refractivity contribution is 7.72.